The Morgan fingerprint density at radius 1 is 1.16 bits per heavy atom. The summed E-state index contributed by atoms with van der Waals surface area (Å²) >= 11 is 0. The molecule has 2 heterocycles. The van der Waals surface area contributed by atoms with Crippen LogP contribution in [0.25, 0.3) is 11.2 Å². The Labute approximate surface area is 111 Å². The highest BCUT2D eigenvalue weighted by molar-refractivity contribution is 5.82. The fourth-order valence-electron chi connectivity index (χ4n) is 2.24. The number of hydrogen-bond acceptors (Lipinski definition) is 4. The van der Waals surface area contributed by atoms with Gasteiger partial charge in [-0.05, 0) is 5.56 Å². The molecule has 0 saturated carbocycles. The van der Waals surface area contributed by atoms with Gasteiger partial charge in [0.2, 0.25) is 0 Å². The minimum Gasteiger partial charge on any atom is -0.382 e. The maximum absolute atomic E-state index is 5.97. The second-order valence-corrected chi connectivity index (χ2v) is 4.38. The number of nitrogen functional groups attached to an aromatic ring is 1. The summed E-state index contributed by atoms with van der Waals surface area (Å²) in [6, 6.07) is 10.2. The lowest BCUT2D eigenvalue weighted by Gasteiger charge is -2.08. The summed E-state index contributed by atoms with van der Waals surface area (Å²) in [7, 11) is 0. The first kappa shape index (κ1) is 11.6. The number of benzene rings is 1. The first-order valence-corrected chi connectivity index (χ1v) is 6.29. The van der Waals surface area contributed by atoms with Crippen molar-refractivity contribution in [1.29, 1.82) is 0 Å². The van der Waals surface area contributed by atoms with Crippen LogP contribution in [-0.4, -0.2) is 19.5 Å². The van der Waals surface area contributed by atoms with Crippen molar-refractivity contribution >= 4 is 17.0 Å². The van der Waals surface area contributed by atoms with Crippen LogP contribution in [0, 0.1) is 0 Å². The van der Waals surface area contributed by atoms with Crippen molar-refractivity contribution in [3.05, 3.63) is 48.0 Å². The summed E-state index contributed by atoms with van der Waals surface area (Å²) in [6.07, 6.45) is 2.29. The topological polar surface area (TPSA) is 69.6 Å². The molecule has 5 heteroatoms. The minimum absolute atomic E-state index is 0.480. The molecule has 0 aliphatic carbocycles. The molecule has 0 unspecified atom stereocenters. The normalized spacial score (nSPS) is 11.0. The van der Waals surface area contributed by atoms with Gasteiger partial charge in [-0.25, -0.2) is 15.0 Å². The van der Waals surface area contributed by atoms with Crippen molar-refractivity contribution in [3.63, 3.8) is 0 Å². The SMILES string of the molecule is CCc1nc2ncnc(N)c2n1Cc1ccccc1. The van der Waals surface area contributed by atoms with E-state index in [1.165, 1.54) is 11.9 Å². The molecule has 2 N–H and O–H groups in total. The summed E-state index contributed by atoms with van der Waals surface area (Å²) in [5.74, 6) is 1.46. The number of fused-ring (bicyclic) bond motifs is 1. The Morgan fingerprint density at radius 3 is 2.68 bits per heavy atom. The molecule has 96 valence electrons. The molecule has 0 bridgehead atoms. The molecular formula is C14H15N5. The number of aryl methyl sites for hydroxylation is 1. The van der Waals surface area contributed by atoms with Crippen molar-refractivity contribution in [2.45, 2.75) is 19.9 Å². The molecule has 0 saturated heterocycles. The van der Waals surface area contributed by atoms with E-state index in [0.29, 0.717) is 11.5 Å². The lowest BCUT2D eigenvalue weighted by atomic mass is 10.2. The predicted octanol–water partition coefficient (Wildman–Crippen LogP) is 2.02. The molecule has 0 aliphatic rings. The minimum atomic E-state index is 0.480. The fraction of sp³-hybridized carbons (Fsp3) is 0.214. The highest BCUT2D eigenvalue weighted by Gasteiger charge is 2.13. The van der Waals surface area contributed by atoms with Crippen molar-refractivity contribution in [2.75, 3.05) is 5.73 Å². The van der Waals surface area contributed by atoms with Gasteiger partial charge in [0.05, 0.1) is 0 Å². The average Bonchev–Trinajstić information content (AvgIpc) is 2.79. The van der Waals surface area contributed by atoms with Gasteiger partial charge in [-0.2, -0.15) is 0 Å². The zero-order chi connectivity index (χ0) is 13.2. The molecule has 3 rings (SSSR count). The van der Waals surface area contributed by atoms with Crippen LogP contribution < -0.4 is 5.73 Å². The highest BCUT2D eigenvalue weighted by Crippen LogP contribution is 2.20. The Bertz CT molecular complexity index is 702. The highest BCUT2D eigenvalue weighted by atomic mass is 15.1. The standard InChI is InChI=1S/C14H15N5/c1-2-11-18-14-12(13(15)16-9-17-14)19(11)8-10-6-4-3-5-7-10/h3-7,9H,2,8H2,1H3,(H2,15,16,17). The molecule has 19 heavy (non-hydrogen) atoms. The van der Waals surface area contributed by atoms with E-state index in [-0.39, 0.29) is 0 Å². The van der Waals surface area contributed by atoms with Crippen LogP contribution in [-0.2, 0) is 13.0 Å². The summed E-state index contributed by atoms with van der Waals surface area (Å²) < 4.78 is 2.10. The Balaban J connectivity index is 2.16. The Morgan fingerprint density at radius 2 is 1.95 bits per heavy atom. The zero-order valence-corrected chi connectivity index (χ0v) is 10.7. The largest absolute Gasteiger partial charge is 0.382 e. The molecule has 0 radical (unpaired) electrons. The molecule has 0 atom stereocenters. The lowest BCUT2D eigenvalue weighted by molar-refractivity contribution is 0.753. The molecule has 0 fully saturated rings. The maximum Gasteiger partial charge on any atom is 0.183 e. The monoisotopic (exact) mass is 253 g/mol. The van der Waals surface area contributed by atoms with E-state index >= 15 is 0 Å². The van der Waals surface area contributed by atoms with Crippen LogP contribution in [0.1, 0.15) is 18.3 Å². The van der Waals surface area contributed by atoms with Gasteiger partial charge in [0.1, 0.15) is 17.7 Å². The van der Waals surface area contributed by atoms with Crippen LogP contribution in [0.15, 0.2) is 36.7 Å². The molecule has 0 amide bonds. The Hall–Kier alpha value is -2.43. The van der Waals surface area contributed by atoms with Gasteiger partial charge >= 0.3 is 0 Å². The van der Waals surface area contributed by atoms with Crippen LogP contribution in [0.2, 0.25) is 0 Å². The van der Waals surface area contributed by atoms with E-state index < -0.39 is 0 Å². The number of imidazole rings is 1. The number of nitrogens with two attached hydrogens (primary N) is 1. The number of aromatic nitrogens is 4. The molecule has 0 aliphatic heterocycles. The quantitative estimate of drug-likeness (QED) is 0.775. The third-order valence-electron chi connectivity index (χ3n) is 3.15. The molecule has 1 aromatic carbocycles. The van der Waals surface area contributed by atoms with Crippen LogP contribution in [0.5, 0.6) is 0 Å². The third-order valence-corrected chi connectivity index (χ3v) is 3.15. The van der Waals surface area contributed by atoms with Gasteiger partial charge in [0, 0.05) is 13.0 Å². The molecule has 2 aromatic heterocycles. The van der Waals surface area contributed by atoms with E-state index in [0.717, 1.165) is 24.3 Å². The molecule has 3 aromatic rings. The van der Waals surface area contributed by atoms with Crippen molar-refractivity contribution in [2.24, 2.45) is 0 Å². The Kier molecular flexibility index (Phi) is 2.87. The van der Waals surface area contributed by atoms with Gasteiger partial charge in [0.25, 0.3) is 0 Å². The van der Waals surface area contributed by atoms with E-state index in [2.05, 4.69) is 38.6 Å². The number of anilines is 1. The number of rotatable bonds is 3. The smallest absolute Gasteiger partial charge is 0.183 e. The van der Waals surface area contributed by atoms with Gasteiger partial charge < -0.3 is 10.3 Å². The second-order valence-electron chi connectivity index (χ2n) is 4.38. The fourth-order valence-corrected chi connectivity index (χ4v) is 2.24. The molecular weight excluding hydrogens is 238 g/mol. The van der Waals surface area contributed by atoms with Crippen LogP contribution in [0.3, 0.4) is 0 Å². The predicted molar refractivity (Wildman–Crippen MR) is 74.7 cm³/mol. The molecule has 0 spiro atoms. The summed E-state index contributed by atoms with van der Waals surface area (Å²) in [4.78, 5) is 12.8. The van der Waals surface area contributed by atoms with Gasteiger partial charge in [-0.3, -0.25) is 0 Å². The van der Waals surface area contributed by atoms with E-state index in [1.807, 2.05) is 18.2 Å². The number of hydrogen-bond donors (Lipinski definition) is 1. The summed E-state index contributed by atoms with van der Waals surface area (Å²) in [5.41, 5.74) is 8.66. The van der Waals surface area contributed by atoms with E-state index in [4.69, 9.17) is 5.73 Å². The zero-order valence-electron chi connectivity index (χ0n) is 10.7. The van der Waals surface area contributed by atoms with E-state index in [9.17, 15) is 0 Å². The first-order valence-electron chi connectivity index (χ1n) is 6.29. The first-order chi connectivity index (χ1) is 9.29. The maximum atomic E-state index is 5.97. The second kappa shape index (κ2) is 4.68. The van der Waals surface area contributed by atoms with Gasteiger partial charge in [-0.1, -0.05) is 37.3 Å². The van der Waals surface area contributed by atoms with Crippen molar-refractivity contribution < 1.29 is 0 Å². The van der Waals surface area contributed by atoms with Crippen molar-refractivity contribution in [1.82, 2.24) is 19.5 Å². The number of nitrogens with zero attached hydrogens (tertiary/aromatic N) is 4. The average molecular weight is 253 g/mol. The van der Waals surface area contributed by atoms with Crippen LogP contribution >= 0.6 is 0 Å². The van der Waals surface area contributed by atoms with Crippen molar-refractivity contribution in [3.8, 4) is 0 Å². The van der Waals surface area contributed by atoms with Gasteiger partial charge in [-0.15, -0.1) is 0 Å². The third kappa shape index (κ3) is 2.03. The lowest BCUT2D eigenvalue weighted by Crippen LogP contribution is -2.06. The van der Waals surface area contributed by atoms with Gasteiger partial charge in [0.15, 0.2) is 11.5 Å². The molecule has 5 nitrogen and oxygen atoms in total. The van der Waals surface area contributed by atoms with Crippen LogP contribution in [0.4, 0.5) is 5.82 Å². The summed E-state index contributed by atoms with van der Waals surface area (Å²) in [5, 5.41) is 0. The summed E-state index contributed by atoms with van der Waals surface area (Å²) in [6.45, 7) is 2.81. The van der Waals surface area contributed by atoms with E-state index in [1.54, 1.807) is 0 Å².